The third-order valence-corrected chi connectivity index (χ3v) is 9.69. The van der Waals surface area contributed by atoms with Gasteiger partial charge in [-0.3, -0.25) is 4.79 Å². The number of hydrogen-bond acceptors (Lipinski definition) is 3. The molecule has 1 amide bonds. The Balaban J connectivity index is 1.35. The number of carbonyl (C=O) groups excluding carboxylic acids is 1. The average molecular weight is 606 g/mol. The van der Waals surface area contributed by atoms with Crippen molar-refractivity contribution < 1.29 is 9.90 Å². The predicted octanol–water partition coefficient (Wildman–Crippen LogP) is 8.00. The summed E-state index contributed by atoms with van der Waals surface area (Å²) in [4.78, 5) is 19.9. The number of benzene rings is 5. The summed E-state index contributed by atoms with van der Waals surface area (Å²) >= 11 is 0. The van der Waals surface area contributed by atoms with Gasteiger partial charge < -0.3 is 14.6 Å². The quantitative estimate of drug-likeness (QED) is 0.179. The summed E-state index contributed by atoms with van der Waals surface area (Å²) in [5, 5.41) is 14.6. The maximum atomic E-state index is 13.1. The molecule has 1 fully saturated rings. The van der Waals surface area contributed by atoms with Gasteiger partial charge in [0.05, 0.1) is 12.0 Å². The van der Waals surface area contributed by atoms with Crippen molar-refractivity contribution in [2.75, 3.05) is 13.1 Å². The third kappa shape index (κ3) is 4.92. The highest BCUT2D eigenvalue weighted by atomic mass is 16.3. The molecular formula is C41H39N3O2. The standard InChI is InChI=1S/C41H39N3O2/c1-30(2)41(46,37-23-22-31-26-33(21-20-32(31)27-37)39(45)43-24-12-13-25-43)38-28-44(29-42-38)40(34-14-6-3-7-15-34,35-16-8-4-9-17-35)36-18-10-5-11-19-36/h3-11,14-23,26-30,46H,12-13,24-25H2,1-2H3. The lowest BCUT2D eigenvalue weighted by Gasteiger charge is -2.37. The van der Waals surface area contributed by atoms with E-state index in [4.69, 9.17) is 4.98 Å². The number of rotatable bonds is 8. The number of amides is 1. The molecule has 7 rings (SSSR count). The van der Waals surface area contributed by atoms with Crippen LogP contribution in [-0.2, 0) is 11.1 Å². The molecule has 0 spiro atoms. The van der Waals surface area contributed by atoms with E-state index < -0.39 is 11.1 Å². The van der Waals surface area contributed by atoms with Crippen LogP contribution in [0, 0.1) is 5.92 Å². The Morgan fingerprint density at radius 3 is 1.76 bits per heavy atom. The summed E-state index contributed by atoms with van der Waals surface area (Å²) in [6.07, 6.45) is 5.99. The smallest absolute Gasteiger partial charge is 0.253 e. The van der Waals surface area contributed by atoms with Crippen LogP contribution in [0.2, 0.25) is 0 Å². The van der Waals surface area contributed by atoms with Gasteiger partial charge in [0.2, 0.25) is 0 Å². The first-order chi connectivity index (χ1) is 22.4. The van der Waals surface area contributed by atoms with Crippen molar-refractivity contribution in [1.82, 2.24) is 14.5 Å². The average Bonchev–Trinajstić information content (AvgIpc) is 3.83. The van der Waals surface area contributed by atoms with E-state index in [2.05, 4.69) is 77.4 Å². The van der Waals surface area contributed by atoms with E-state index in [1.807, 2.05) is 85.9 Å². The molecule has 0 radical (unpaired) electrons. The molecule has 1 aromatic heterocycles. The molecule has 2 heterocycles. The summed E-state index contributed by atoms with van der Waals surface area (Å²) in [5.74, 6) is -0.0877. The number of nitrogens with zero attached hydrogens (tertiary/aromatic N) is 3. The summed E-state index contributed by atoms with van der Waals surface area (Å²) < 4.78 is 2.15. The Kier molecular flexibility index (Phi) is 7.79. The first-order valence-electron chi connectivity index (χ1n) is 16.2. The first-order valence-corrected chi connectivity index (χ1v) is 16.2. The SMILES string of the molecule is CC(C)C(O)(c1ccc2cc(C(=O)N3CCCC3)ccc2c1)c1cn(C(c2ccccc2)(c2ccccc2)c2ccccc2)cn1. The van der Waals surface area contributed by atoms with E-state index in [1.165, 1.54) is 0 Å². The van der Waals surface area contributed by atoms with E-state index in [1.54, 1.807) is 0 Å². The van der Waals surface area contributed by atoms with Crippen LogP contribution in [0.3, 0.4) is 0 Å². The van der Waals surface area contributed by atoms with E-state index >= 15 is 0 Å². The highest BCUT2D eigenvalue weighted by Crippen LogP contribution is 2.43. The molecule has 0 saturated carbocycles. The molecule has 0 bridgehead atoms. The van der Waals surface area contributed by atoms with E-state index in [9.17, 15) is 9.90 Å². The number of carbonyl (C=O) groups is 1. The van der Waals surface area contributed by atoms with Crippen LogP contribution in [0.1, 0.15) is 65.0 Å². The van der Waals surface area contributed by atoms with Gasteiger partial charge in [0.25, 0.3) is 5.91 Å². The van der Waals surface area contributed by atoms with E-state index in [0.717, 1.165) is 59.0 Å². The fraction of sp³-hybridized carbons (Fsp3) is 0.220. The Hall–Kier alpha value is -5.00. The second kappa shape index (κ2) is 12.1. The summed E-state index contributed by atoms with van der Waals surface area (Å²) in [7, 11) is 0. The van der Waals surface area contributed by atoms with Gasteiger partial charge in [0.15, 0.2) is 0 Å². The van der Waals surface area contributed by atoms with Crippen molar-refractivity contribution in [2.24, 2.45) is 5.92 Å². The minimum Gasteiger partial charge on any atom is -0.378 e. The van der Waals surface area contributed by atoms with Gasteiger partial charge in [0.1, 0.15) is 11.1 Å². The van der Waals surface area contributed by atoms with Crippen LogP contribution in [0.4, 0.5) is 0 Å². The number of fused-ring (bicyclic) bond motifs is 1. The lowest BCUT2D eigenvalue weighted by atomic mass is 9.76. The van der Waals surface area contributed by atoms with Crippen molar-refractivity contribution in [2.45, 2.75) is 37.8 Å². The number of aromatic nitrogens is 2. The normalized spacial score (nSPS) is 14.9. The number of imidazole rings is 1. The molecule has 46 heavy (non-hydrogen) atoms. The fourth-order valence-electron chi connectivity index (χ4n) is 7.18. The maximum Gasteiger partial charge on any atom is 0.253 e. The monoisotopic (exact) mass is 605 g/mol. The van der Waals surface area contributed by atoms with Crippen molar-refractivity contribution in [3.8, 4) is 0 Å². The molecule has 0 aliphatic carbocycles. The molecule has 1 atom stereocenters. The van der Waals surface area contributed by atoms with Crippen LogP contribution in [-0.4, -0.2) is 38.6 Å². The largest absolute Gasteiger partial charge is 0.378 e. The second-order valence-electron chi connectivity index (χ2n) is 12.7. The highest BCUT2D eigenvalue weighted by molar-refractivity contribution is 5.98. The molecule has 1 aliphatic heterocycles. The summed E-state index contributed by atoms with van der Waals surface area (Å²) in [5.41, 5.74) is 3.24. The van der Waals surface area contributed by atoms with Crippen molar-refractivity contribution in [1.29, 1.82) is 0 Å². The molecule has 5 nitrogen and oxygen atoms in total. The summed E-state index contributed by atoms with van der Waals surface area (Å²) in [6.45, 7) is 5.70. The number of aliphatic hydroxyl groups is 1. The minimum absolute atomic E-state index is 0.0893. The van der Waals surface area contributed by atoms with Gasteiger partial charge in [-0.05, 0) is 70.0 Å². The van der Waals surface area contributed by atoms with E-state index in [-0.39, 0.29) is 11.8 Å². The van der Waals surface area contributed by atoms with Gasteiger partial charge in [-0.1, -0.05) is 123 Å². The molecule has 1 unspecified atom stereocenters. The Bertz CT molecular complexity index is 1860. The van der Waals surface area contributed by atoms with Gasteiger partial charge in [-0.2, -0.15) is 0 Å². The van der Waals surface area contributed by atoms with E-state index in [0.29, 0.717) is 11.3 Å². The number of hydrogen-bond donors (Lipinski definition) is 1. The molecule has 230 valence electrons. The lowest BCUT2D eigenvalue weighted by Crippen LogP contribution is -2.37. The van der Waals surface area contributed by atoms with Gasteiger partial charge in [0, 0.05) is 24.8 Å². The molecule has 5 aromatic carbocycles. The minimum atomic E-state index is -1.36. The zero-order valence-corrected chi connectivity index (χ0v) is 26.4. The van der Waals surface area contributed by atoms with Crippen LogP contribution < -0.4 is 0 Å². The van der Waals surface area contributed by atoms with Gasteiger partial charge in [-0.15, -0.1) is 0 Å². The van der Waals surface area contributed by atoms with Gasteiger partial charge in [-0.25, -0.2) is 4.98 Å². The second-order valence-corrected chi connectivity index (χ2v) is 12.7. The Morgan fingerprint density at radius 1 is 0.696 bits per heavy atom. The van der Waals surface area contributed by atoms with Crippen molar-refractivity contribution in [3.63, 3.8) is 0 Å². The molecule has 6 aromatic rings. The fourth-order valence-corrected chi connectivity index (χ4v) is 7.18. The Morgan fingerprint density at radius 2 is 1.22 bits per heavy atom. The van der Waals surface area contributed by atoms with Crippen LogP contribution in [0.25, 0.3) is 10.8 Å². The van der Waals surface area contributed by atoms with Crippen LogP contribution in [0.5, 0.6) is 0 Å². The van der Waals surface area contributed by atoms with Crippen LogP contribution >= 0.6 is 0 Å². The number of likely N-dealkylation sites (tertiary alicyclic amines) is 1. The zero-order valence-electron chi connectivity index (χ0n) is 26.4. The molecule has 5 heteroatoms. The van der Waals surface area contributed by atoms with Crippen molar-refractivity contribution in [3.05, 3.63) is 173 Å². The Labute approximate surface area is 270 Å². The first kappa shape index (κ1) is 29.7. The lowest BCUT2D eigenvalue weighted by molar-refractivity contribution is 0.0279. The third-order valence-electron chi connectivity index (χ3n) is 9.69. The molecule has 1 N–H and O–H groups in total. The van der Waals surface area contributed by atoms with Crippen LogP contribution in [0.15, 0.2) is 140 Å². The maximum absolute atomic E-state index is 13.1. The predicted molar refractivity (Wildman–Crippen MR) is 184 cm³/mol. The van der Waals surface area contributed by atoms with Crippen molar-refractivity contribution >= 4 is 16.7 Å². The topological polar surface area (TPSA) is 58.4 Å². The molecule has 1 saturated heterocycles. The molecule has 1 aliphatic rings. The zero-order chi connectivity index (χ0) is 31.7. The summed E-state index contributed by atoms with van der Waals surface area (Å²) in [6, 6.07) is 43.3. The highest BCUT2D eigenvalue weighted by Gasteiger charge is 2.42. The van der Waals surface area contributed by atoms with Gasteiger partial charge >= 0.3 is 0 Å². The molecular weight excluding hydrogens is 566 g/mol.